The summed E-state index contributed by atoms with van der Waals surface area (Å²) in [4.78, 5) is 31.9. The van der Waals surface area contributed by atoms with Crippen molar-refractivity contribution in [2.45, 2.75) is 70.4 Å². The van der Waals surface area contributed by atoms with Gasteiger partial charge in [0, 0.05) is 11.7 Å². The fourth-order valence-corrected chi connectivity index (χ4v) is 8.05. The van der Waals surface area contributed by atoms with Gasteiger partial charge in [-0.05, 0) is 94.1 Å². The minimum absolute atomic E-state index is 0.00568. The number of hydrogen-bond acceptors (Lipinski definition) is 4. The second-order valence-electron chi connectivity index (χ2n) is 10.1. The van der Waals surface area contributed by atoms with E-state index in [1.54, 1.807) is 4.90 Å². The average Bonchev–Trinajstić information content (AvgIpc) is 2.62. The molecular formula is C23H31N3O2S. The summed E-state index contributed by atoms with van der Waals surface area (Å²) < 4.78 is 0. The highest BCUT2D eigenvalue weighted by molar-refractivity contribution is 8.00. The molecule has 0 aromatic carbocycles. The second-order valence-corrected chi connectivity index (χ2v) is 11.0. The Labute approximate surface area is 177 Å². The predicted molar refractivity (Wildman–Crippen MR) is 115 cm³/mol. The summed E-state index contributed by atoms with van der Waals surface area (Å²) in [6, 6.07) is 2.16. The number of rotatable bonds is 4. The Balaban J connectivity index is 1.31. The molecule has 5 aliphatic rings. The maximum Gasteiger partial charge on any atom is 0.240 e. The Morgan fingerprint density at radius 3 is 2.48 bits per heavy atom. The first-order chi connectivity index (χ1) is 13.8. The molecule has 1 aromatic heterocycles. The van der Waals surface area contributed by atoms with Crippen molar-refractivity contribution in [1.29, 1.82) is 0 Å². The van der Waals surface area contributed by atoms with E-state index in [9.17, 15) is 9.59 Å². The standard InChI is InChI=1S/C23H31N3O2S/c1-13-4-14(2)24-22-21(13)26(20(28)12-29-22)11-19(27)25-15(3)23-8-16-5-17(9-23)7-18(6-16)10-23/h4,15-18H,5-12H2,1-3H3,(H,25,27)/t15-,16?,17?,18?,23?/m0/s1. The lowest BCUT2D eigenvalue weighted by atomic mass is 9.48. The smallest absolute Gasteiger partial charge is 0.240 e. The van der Waals surface area contributed by atoms with Crippen molar-refractivity contribution in [3.8, 4) is 0 Å². The maximum absolute atomic E-state index is 13.0. The summed E-state index contributed by atoms with van der Waals surface area (Å²) >= 11 is 1.47. The number of nitrogens with zero attached hydrogens (tertiary/aromatic N) is 2. The maximum atomic E-state index is 13.0. The molecule has 156 valence electrons. The van der Waals surface area contributed by atoms with E-state index >= 15 is 0 Å². The molecule has 0 radical (unpaired) electrons. The summed E-state index contributed by atoms with van der Waals surface area (Å²) in [7, 11) is 0. The van der Waals surface area contributed by atoms with E-state index < -0.39 is 0 Å². The lowest BCUT2D eigenvalue weighted by molar-refractivity contribution is -0.126. The predicted octanol–water partition coefficient (Wildman–Crippen LogP) is 3.86. The first-order valence-electron chi connectivity index (χ1n) is 11.0. The van der Waals surface area contributed by atoms with Gasteiger partial charge in [-0.1, -0.05) is 11.8 Å². The number of amides is 2. The van der Waals surface area contributed by atoms with Crippen LogP contribution in [-0.4, -0.2) is 35.1 Å². The van der Waals surface area contributed by atoms with Gasteiger partial charge in [-0.15, -0.1) is 0 Å². The Morgan fingerprint density at radius 1 is 1.24 bits per heavy atom. The summed E-state index contributed by atoms with van der Waals surface area (Å²) in [6.07, 6.45) is 8.02. The molecule has 2 heterocycles. The third kappa shape index (κ3) is 3.37. The molecule has 29 heavy (non-hydrogen) atoms. The zero-order valence-corrected chi connectivity index (χ0v) is 18.5. The molecule has 4 fully saturated rings. The van der Waals surface area contributed by atoms with Crippen LogP contribution in [0.15, 0.2) is 11.1 Å². The molecule has 1 atom stereocenters. The van der Waals surface area contributed by atoms with E-state index in [0.717, 1.165) is 39.7 Å². The summed E-state index contributed by atoms with van der Waals surface area (Å²) in [5, 5.41) is 4.17. The number of thioether (sulfide) groups is 1. The molecule has 1 aromatic rings. The van der Waals surface area contributed by atoms with Crippen LogP contribution in [-0.2, 0) is 9.59 Å². The number of carbonyl (C=O) groups excluding carboxylic acids is 2. The molecule has 4 bridgehead atoms. The van der Waals surface area contributed by atoms with Gasteiger partial charge in [-0.2, -0.15) is 0 Å². The number of hydrogen-bond donors (Lipinski definition) is 1. The van der Waals surface area contributed by atoms with Crippen LogP contribution in [0.1, 0.15) is 56.7 Å². The minimum Gasteiger partial charge on any atom is -0.352 e. The first-order valence-corrected chi connectivity index (χ1v) is 12.0. The normalized spacial score (nSPS) is 33.6. The van der Waals surface area contributed by atoms with Crippen LogP contribution >= 0.6 is 11.8 Å². The SMILES string of the molecule is Cc1cc(C)c2c(n1)SCC(=O)N2CC(=O)N[C@@H](C)C12CC3CC(CC(C3)C1)C2. The molecule has 0 spiro atoms. The minimum atomic E-state index is -0.0422. The quantitative estimate of drug-likeness (QED) is 0.814. The number of aromatic nitrogens is 1. The van der Waals surface area contributed by atoms with Crippen molar-refractivity contribution in [2.75, 3.05) is 17.2 Å². The average molecular weight is 414 g/mol. The largest absolute Gasteiger partial charge is 0.352 e. The third-order valence-corrected chi connectivity index (χ3v) is 8.82. The van der Waals surface area contributed by atoms with Gasteiger partial charge >= 0.3 is 0 Å². The van der Waals surface area contributed by atoms with E-state index in [1.165, 1.54) is 50.3 Å². The van der Waals surface area contributed by atoms with Crippen molar-refractivity contribution in [3.05, 3.63) is 17.3 Å². The van der Waals surface area contributed by atoms with E-state index in [-0.39, 0.29) is 29.8 Å². The topological polar surface area (TPSA) is 62.3 Å². The summed E-state index contributed by atoms with van der Waals surface area (Å²) in [5.41, 5.74) is 3.05. The zero-order valence-electron chi connectivity index (χ0n) is 17.7. The molecular weight excluding hydrogens is 382 g/mol. The van der Waals surface area contributed by atoms with Crippen molar-refractivity contribution in [1.82, 2.24) is 10.3 Å². The molecule has 6 rings (SSSR count). The Hall–Kier alpha value is -1.56. The molecule has 0 unspecified atom stereocenters. The fraction of sp³-hybridized carbons (Fsp3) is 0.696. The van der Waals surface area contributed by atoms with Crippen molar-refractivity contribution in [2.24, 2.45) is 23.2 Å². The van der Waals surface area contributed by atoms with Crippen molar-refractivity contribution >= 4 is 29.3 Å². The number of aryl methyl sites for hydroxylation is 2. The summed E-state index contributed by atoms with van der Waals surface area (Å²) in [6.45, 7) is 6.25. The number of pyridine rings is 1. The first kappa shape index (κ1) is 19.4. The molecule has 6 heteroatoms. The van der Waals surface area contributed by atoms with Crippen LogP contribution in [0.4, 0.5) is 5.69 Å². The van der Waals surface area contributed by atoms with E-state index in [1.807, 2.05) is 19.9 Å². The lowest BCUT2D eigenvalue weighted by Crippen LogP contribution is -2.57. The van der Waals surface area contributed by atoms with Gasteiger partial charge in [0.25, 0.3) is 0 Å². The molecule has 5 nitrogen and oxygen atoms in total. The molecule has 2 amide bonds. The highest BCUT2D eigenvalue weighted by atomic mass is 32.2. The molecule has 4 saturated carbocycles. The van der Waals surface area contributed by atoms with Crippen molar-refractivity contribution < 1.29 is 9.59 Å². The van der Waals surface area contributed by atoms with Crippen LogP contribution < -0.4 is 10.2 Å². The fourth-order valence-electron chi connectivity index (χ4n) is 7.02. The molecule has 0 saturated heterocycles. The lowest BCUT2D eigenvalue weighted by Gasteiger charge is -2.59. The third-order valence-electron chi connectivity index (χ3n) is 7.87. The molecule has 1 N–H and O–H groups in total. The number of anilines is 1. The Morgan fingerprint density at radius 2 is 1.86 bits per heavy atom. The highest BCUT2D eigenvalue weighted by Gasteiger charge is 2.53. The van der Waals surface area contributed by atoms with Gasteiger partial charge in [0.1, 0.15) is 11.6 Å². The van der Waals surface area contributed by atoms with Crippen LogP contribution in [0, 0.1) is 37.0 Å². The van der Waals surface area contributed by atoms with Gasteiger partial charge in [-0.3, -0.25) is 14.5 Å². The van der Waals surface area contributed by atoms with Gasteiger partial charge in [0.15, 0.2) is 0 Å². The van der Waals surface area contributed by atoms with Crippen LogP contribution in [0.3, 0.4) is 0 Å². The monoisotopic (exact) mass is 413 g/mol. The number of fused-ring (bicyclic) bond motifs is 1. The number of carbonyl (C=O) groups is 2. The van der Waals surface area contributed by atoms with E-state index in [2.05, 4.69) is 17.2 Å². The van der Waals surface area contributed by atoms with Crippen molar-refractivity contribution in [3.63, 3.8) is 0 Å². The Bertz CT molecular complexity index is 833. The van der Waals surface area contributed by atoms with Crippen LogP contribution in [0.5, 0.6) is 0 Å². The zero-order chi connectivity index (χ0) is 20.3. The van der Waals surface area contributed by atoms with E-state index in [0.29, 0.717) is 5.75 Å². The van der Waals surface area contributed by atoms with Crippen LogP contribution in [0.25, 0.3) is 0 Å². The highest BCUT2D eigenvalue weighted by Crippen LogP contribution is 2.61. The number of nitrogens with one attached hydrogen (secondary N) is 1. The van der Waals surface area contributed by atoms with Gasteiger partial charge < -0.3 is 5.32 Å². The van der Waals surface area contributed by atoms with E-state index in [4.69, 9.17) is 0 Å². The van der Waals surface area contributed by atoms with Gasteiger partial charge in [0.2, 0.25) is 11.8 Å². The Kier molecular flexibility index (Phi) is 4.68. The second kappa shape index (κ2) is 7.00. The van der Waals surface area contributed by atoms with Gasteiger partial charge in [0.05, 0.1) is 11.4 Å². The summed E-state index contributed by atoms with van der Waals surface area (Å²) in [5.74, 6) is 2.90. The van der Waals surface area contributed by atoms with Crippen LogP contribution in [0.2, 0.25) is 0 Å². The molecule has 4 aliphatic carbocycles. The van der Waals surface area contributed by atoms with Gasteiger partial charge in [-0.25, -0.2) is 4.98 Å². The molecule has 1 aliphatic heterocycles.